The monoisotopic (exact) mass is 509 g/mol. The SMILES string of the molecule is Cc1c(Cl)cccc1N(CC(=O)Nc1ccc(S(=O)(=O)Nc2ncccn2)cc1)S(C)(=O)=O. The van der Waals surface area contributed by atoms with Crippen LogP contribution in [-0.4, -0.2) is 45.5 Å². The van der Waals surface area contributed by atoms with Crippen molar-refractivity contribution < 1.29 is 21.6 Å². The van der Waals surface area contributed by atoms with Gasteiger partial charge in [0.25, 0.3) is 10.0 Å². The molecule has 0 saturated carbocycles. The molecule has 1 heterocycles. The Kier molecular flexibility index (Phi) is 7.20. The van der Waals surface area contributed by atoms with Crippen molar-refractivity contribution in [3.8, 4) is 0 Å². The van der Waals surface area contributed by atoms with Crippen molar-refractivity contribution in [2.75, 3.05) is 27.1 Å². The Morgan fingerprint density at radius 1 is 1.00 bits per heavy atom. The summed E-state index contributed by atoms with van der Waals surface area (Å²) >= 11 is 6.09. The second-order valence-electron chi connectivity index (χ2n) is 6.90. The molecule has 0 spiro atoms. The zero-order valence-corrected chi connectivity index (χ0v) is 19.9. The fourth-order valence-electron chi connectivity index (χ4n) is 2.83. The number of halogens is 1. The van der Waals surface area contributed by atoms with E-state index in [1.807, 2.05) is 0 Å². The predicted octanol–water partition coefficient (Wildman–Crippen LogP) is 2.64. The van der Waals surface area contributed by atoms with Crippen LogP contribution in [0.4, 0.5) is 17.3 Å². The number of benzene rings is 2. The van der Waals surface area contributed by atoms with Gasteiger partial charge in [-0.05, 0) is 55.0 Å². The van der Waals surface area contributed by atoms with E-state index in [-0.39, 0.29) is 22.2 Å². The van der Waals surface area contributed by atoms with Gasteiger partial charge in [-0.25, -0.2) is 31.5 Å². The molecule has 0 radical (unpaired) electrons. The lowest BCUT2D eigenvalue weighted by molar-refractivity contribution is -0.114. The average Bonchev–Trinajstić information content (AvgIpc) is 2.74. The highest BCUT2D eigenvalue weighted by Gasteiger charge is 2.23. The molecule has 0 fully saturated rings. The minimum Gasteiger partial charge on any atom is -0.325 e. The standard InChI is InChI=1S/C20H20ClN5O5S2/c1-14-17(21)5-3-6-18(14)26(32(2,28)29)13-19(27)24-15-7-9-16(10-8-15)33(30,31)25-20-22-11-4-12-23-20/h3-12H,13H2,1-2H3,(H,24,27)(H,22,23,25). The molecule has 0 atom stereocenters. The molecule has 33 heavy (non-hydrogen) atoms. The molecule has 0 bridgehead atoms. The van der Waals surface area contributed by atoms with E-state index in [2.05, 4.69) is 20.0 Å². The first-order valence-electron chi connectivity index (χ1n) is 9.40. The van der Waals surface area contributed by atoms with E-state index in [1.165, 1.54) is 36.7 Å². The smallest absolute Gasteiger partial charge is 0.264 e. The molecule has 3 aromatic rings. The Balaban J connectivity index is 1.74. The number of nitrogens with one attached hydrogen (secondary N) is 2. The van der Waals surface area contributed by atoms with Gasteiger partial charge in [0.1, 0.15) is 6.54 Å². The second-order valence-corrected chi connectivity index (χ2v) is 10.9. The number of hydrogen-bond donors (Lipinski definition) is 2. The van der Waals surface area contributed by atoms with Gasteiger partial charge in [0.15, 0.2) is 0 Å². The molecular formula is C20H20ClN5O5S2. The highest BCUT2D eigenvalue weighted by Crippen LogP contribution is 2.28. The summed E-state index contributed by atoms with van der Waals surface area (Å²) in [5.74, 6) is -0.696. The highest BCUT2D eigenvalue weighted by molar-refractivity contribution is 7.92. The summed E-state index contributed by atoms with van der Waals surface area (Å²) in [6.07, 6.45) is 3.78. The molecule has 0 aliphatic heterocycles. The average molecular weight is 510 g/mol. The minimum absolute atomic E-state index is 0.0692. The quantitative estimate of drug-likeness (QED) is 0.476. The van der Waals surface area contributed by atoms with E-state index in [4.69, 9.17) is 11.6 Å². The van der Waals surface area contributed by atoms with Crippen LogP contribution in [0.25, 0.3) is 0 Å². The van der Waals surface area contributed by atoms with E-state index in [1.54, 1.807) is 31.2 Å². The van der Waals surface area contributed by atoms with E-state index in [9.17, 15) is 21.6 Å². The van der Waals surface area contributed by atoms with Crippen LogP contribution in [0.15, 0.2) is 65.8 Å². The normalized spacial score (nSPS) is 11.6. The fraction of sp³-hybridized carbons (Fsp3) is 0.150. The number of sulfonamides is 2. The second kappa shape index (κ2) is 9.73. The van der Waals surface area contributed by atoms with Crippen LogP contribution >= 0.6 is 11.6 Å². The number of amides is 1. The zero-order valence-electron chi connectivity index (χ0n) is 17.6. The number of hydrogen-bond acceptors (Lipinski definition) is 7. The van der Waals surface area contributed by atoms with Crippen LogP contribution in [0.3, 0.4) is 0 Å². The summed E-state index contributed by atoms with van der Waals surface area (Å²) in [5.41, 5.74) is 1.09. The van der Waals surface area contributed by atoms with Gasteiger partial charge in [-0.2, -0.15) is 0 Å². The van der Waals surface area contributed by atoms with Crippen molar-refractivity contribution >= 4 is 54.9 Å². The number of nitrogens with zero attached hydrogens (tertiary/aromatic N) is 3. The molecule has 0 unspecified atom stereocenters. The summed E-state index contributed by atoms with van der Waals surface area (Å²) < 4.78 is 52.7. The lowest BCUT2D eigenvalue weighted by Crippen LogP contribution is -2.37. The summed E-state index contributed by atoms with van der Waals surface area (Å²) in [7, 11) is -7.72. The molecular weight excluding hydrogens is 490 g/mol. The number of carbonyl (C=O) groups excluding carboxylic acids is 1. The van der Waals surface area contributed by atoms with Gasteiger partial charge in [-0.15, -0.1) is 0 Å². The fourth-order valence-corrected chi connectivity index (χ4v) is 4.86. The van der Waals surface area contributed by atoms with E-state index in [0.29, 0.717) is 10.6 Å². The maximum atomic E-state index is 12.6. The molecule has 0 saturated heterocycles. The molecule has 2 aromatic carbocycles. The first kappa shape index (κ1) is 24.4. The Morgan fingerprint density at radius 3 is 2.24 bits per heavy atom. The lowest BCUT2D eigenvalue weighted by atomic mass is 10.2. The number of carbonyl (C=O) groups is 1. The zero-order chi connectivity index (χ0) is 24.2. The number of aromatic nitrogens is 2. The summed E-state index contributed by atoms with van der Waals surface area (Å²) in [5, 5.41) is 2.93. The molecule has 1 amide bonds. The Bertz CT molecular complexity index is 1370. The van der Waals surface area contributed by atoms with Gasteiger partial charge in [0.2, 0.25) is 21.9 Å². The van der Waals surface area contributed by atoms with Crippen LogP contribution in [0, 0.1) is 6.92 Å². The van der Waals surface area contributed by atoms with Crippen LogP contribution in [0.5, 0.6) is 0 Å². The summed E-state index contributed by atoms with van der Waals surface area (Å²) in [6, 6.07) is 11.7. The van der Waals surface area contributed by atoms with Crippen molar-refractivity contribution in [3.05, 3.63) is 71.5 Å². The first-order valence-corrected chi connectivity index (χ1v) is 13.1. The van der Waals surface area contributed by atoms with Crippen molar-refractivity contribution in [1.82, 2.24) is 9.97 Å². The van der Waals surface area contributed by atoms with Crippen molar-refractivity contribution in [1.29, 1.82) is 0 Å². The highest BCUT2D eigenvalue weighted by atomic mass is 35.5. The van der Waals surface area contributed by atoms with Crippen molar-refractivity contribution in [2.45, 2.75) is 11.8 Å². The van der Waals surface area contributed by atoms with Crippen LogP contribution in [0.1, 0.15) is 5.56 Å². The summed E-state index contributed by atoms with van der Waals surface area (Å²) in [4.78, 5) is 20.1. The van der Waals surface area contributed by atoms with Gasteiger partial charge in [-0.1, -0.05) is 17.7 Å². The molecule has 3 rings (SSSR count). The molecule has 10 nitrogen and oxygen atoms in total. The molecule has 174 valence electrons. The van der Waals surface area contributed by atoms with Crippen LogP contribution < -0.4 is 14.3 Å². The third kappa shape index (κ3) is 6.18. The number of rotatable bonds is 8. The third-order valence-electron chi connectivity index (χ3n) is 4.44. The molecule has 0 aliphatic carbocycles. The van der Waals surface area contributed by atoms with E-state index < -0.39 is 32.5 Å². The topological polar surface area (TPSA) is 138 Å². The maximum Gasteiger partial charge on any atom is 0.264 e. The predicted molar refractivity (Wildman–Crippen MR) is 126 cm³/mol. The van der Waals surface area contributed by atoms with E-state index in [0.717, 1.165) is 10.6 Å². The van der Waals surface area contributed by atoms with Gasteiger partial charge in [-0.3, -0.25) is 9.10 Å². The lowest BCUT2D eigenvalue weighted by Gasteiger charge is -2.24. The van der Waals surface area contributed by atoms with Gasteiger partial charge in [0.05, 0.1) is 16.8 Å². The minimum atomic E-state index is -3.93. The summed E-state index contributed by atoms with van der Waals surface area (Å²) in [6.45, 7) is 1.16. The molecule has 1 aromatic heterocycles. The van der Waals surface area contributed by atoms with Gasteiger partial charge in [0, 0.05) is 23.1 Å². The van der Waals surface area contributed by atoms with E-state index >= 15 is 0 Å². The third-order valence-corrected chi connectivity index (χ3v) is 7.32. The number of anilines is 3. The molecule has 2 N–H and O–H groups in total. The van der Waals surface area contributed by atoms with Crippen LogP contribution in [0.2, 0.25) is 5.02 Å². The Morgan fingerprint density at radius 2 is 1.64 bits per heavy atom. The first-order chi connectivity index (χ1) is 15.5. The molecule has 0 aliphatic rings. The van der Waals surface area contributed by atoms with Crippen molar-refractivity contribution in [3.63, 3.8) is 0 Å². The Hall–Kier alpha value is -3.22. The van der Waals surface area contributed by atoms with Crippen LogP contribution in [-0.2, 0) is 24.8 Å². The molecule has 13 heteroatoms. The van der Waals surface area contributed by atoms with Crippen molar-refractivity contribution in [2.24, 2.45) is 0 Å². The largest absolute Gasteiger partial charge is 0.325 e. The van der Waals surface area contributed by atoms with Gasteiger partial charge < -0.3 is 5.32 Å². The Labute approximate surface area is 196 Å². The van der Waals surface area contributed by atoms with Gasteiger partial charge >= 0.3 is 0 Å². The maximum absolute atomic E-state index is 12.6.